The van der Waals surface area contributed by atoms with Gasteiger partial charge in [0.05, 0.1) is 6.10 Å². The summed E-state index contributed by atoms with van der Waals surface area (Å²) in [5, 5.41) is 16.4. The number of carbonyl (C=O) groups is 2. The van der Waals surface area contributed by atoms with Crippen LogP contribution in [0.3, 0.4) is 0 Å². The van der Waals surface area contributed by atoms with Gasteiger partial charge >= 0.3 is 6.09 Å². The van der Waals surface area contributed by atoms with Crippen LogP contribution in [0, 0.1) is 0 Å². The van der Waals surface area contributed by atoms with Crippen LogP contribution < -0.4 is 0 Å². The maximum absolute atomic E-state index is 11.7. The Kier molecular flexibility index (Phi) is 7.13. The second-order valence-corrected chi connectivity index (χ2v) is 4.39. The highest BCUT2D eigenvalue weighted by Gasteiger charge is 2.22. The van der Waals surface area contributed by atoms with Crippen LogP contribution in [0.1, 0.15) is 18.4 Å². The van der Waals surface area contributed by atoms with Crippen molar-refractivity contribution in [2.45, 2.75) is 25.6 Å². The Labute approximate surface area is 117 Å². The van der Waals surface area contributed by atoms with Gasteiger partial charge in [0.15, 0.2) is 0 Å². The Balaban J connectivity index is 0.000000612. The normalized spacial score (nSPS) is 17.6. The lowest BCUT2D eigenvalue weighted by molar-refractivity contribution is -0.122. The lowest BCUT2D eigenvalue weighted by Gasteiger charge is -2.29. The zero-order chi connectivity index (χ0) is 14.8. The van der Waals surface area contributed by atoms with Gasteiger partial charge in [0.25, 0.3) is 6.47 Å². The Hall–Kier alpha value is -2.08. The molecule has 0 bridgehead atoms. The molecule has 1 unspecified atom stereocenters. The number of benzene rings is 1. The van der Waals surface area contributed by atoms with E-state index in [1.807, 2.05) is 30.3 Å². The zero-order valence-corrected chi connectivity index (χ0v) is 11.1. The molecule has 1 atom stereocenters. The molecular formula is C14H19NO5. The number of aliphatic hydroxyl groups is 1. The van der Waals surface area contributed by atoms with Crippen LogP contribution in [0.25, 0.3) is 0 Å². The summed E-state index contributed by atoms with van der Waals surface area (Å²) < 4.78 is 5.19. The summed E-state index contributed by atoms with van der Waals surface area (Å²) in [6.45, 7) is 1.09. The van der Waals surface area contributed by atoms with Crippen LogP contribution >= 0.6 is 0 Å². The van der Waals surface area contributed by atoms with Crippen LogP contribution in [-0.4, -0.2) is 46.9 Å². The first-order valence-corrected chi connectivity index (χ1v) is 6.39. The van der Waals surface area contributed by atoms with Crippen LogP contribution in [0.5, 0.6) is 0 Å². The van der Waals surface area contributed by atoms with E-state index < -0.39 is 6.10 Å². The summed E-state index contributed by atoms with van der Waals surface area (Å²) in [7, 11) is 0. The molecule has 1 aromatic carbocycles. The fourth-order valence-electron chi connectivity index (χ4n) is 1.93. The summed E-state index contributed by atoms with van der Waals surface area (Å²) in [6, 6.07) is 9.57. The molecule has 2 N–H and O–H groups in total. The number of carbonyl (C=O) groups excluding carboxylic acids is 1. The predicted molar refractivity (Wildman–Crippen MR) is 72.1 cm³/mol. The van der Waals surface area contributed by atoms with E-state index in [9.17, 15) is 9.90 Å². The fourth-order valence-corrected chi connectivity index (χ4v) is 1.93. The number of amides is 1. The molecule has 0 aliphatic carbocycles. The van der Waals surface area contributed by atoms with Crippen LogP contribution in [0.4, 0.5) is 4.79 Å². The number of ether oxygens (including phenoxy) is 1. The average molecular weight is 281 g/mol. The van der Waals surface area contributed by atoms with Crippen molar-refractivity contribution < 1.29 is 24.5 Å². The molecule has 0 radical (unpaired) electrons. The van der Waals surface area contributed by atoms with Gasteiger partial charge in [-0.3, -0.25) is 4.79 Å². The van der Waals surface area contributed by atoms with Crippen molar-refractivity contribution in [3.05, 3.63) is 35.9 Å². The molecule has 20 heavy (non-hydrogen) atoms. The largest absolute Gasteiger partial charge is 0.483 e. The smallest absolute Gasteiger partial charge is 0.410 e. The standard InChI is InChI=1S/C13H17NO3.CH2O2/c15-12-7-4-8-14(9-12)13(16)17-10-11-5-2-1-3-6-11;2-1-3/h1-3,5-6,12,15H,4,7-10H2;1H,(H,2,3). The van der Waals surface area contributed by atoms with Crippen LogP contribution in [0.2, 0.25) is 0 Å². The Bertz CT molecular complexity index is 409. The molecule has 1 heterocycles. The predicted octanol–water partition coefficient (Wildman–Crippen LogP) is 1.48. The van der Waals surface area contributed by atoms with E-state index in [0.29, 0.717) is 13.1 Å². The topological polar surface area (TPSA) is 87.1 Å². The molecule has 1 aliphatic heterocycles. The number of likely N-dealkylation sites (tertiary alicyclic amines) is 1. The van der Waals surface area contributed by atoms with Crippen molar-refractivity contribution in [1.29, 1.82) is 0 Å². The number of carboxylic acid groups (broad SMARTS) is 1. The molecule has 6 nitrogen and oxygen atoms in total. The lowest BCUT2D eigenvalue weighted by Crippen LogP contribution is -2.42. The minimum atomic E-state index is -0.409. The summed E-state index contributed by atoms with van der Waals surface area (Å²) in [5.74, 6) is 0. The van der Waals surface area contributed by atoms with E-state index in [0.717, 1.165) is 18.4 Å². The van der Waals surface area contributed by atoms with Gasteiger partial charge in [-0.05, 0) is 18.4 Å². The highest BCUT2D eigenvalue weighted by atomic mass is 16.6. The number of β-amino-alcohol motifs (C(OH)–C–C–N with tert-alkyl or cyclic N) is 1. The fraction of sp³-hybridized carbons (Fsp3) is 0.429. The molecule has 6 heteroatoms. The monoisotopic (exact) mass is 281 g/mol. The summed E-state index contributed by atoms with van der Waals surface area (Å²) in [4.78, 5) is 21.6. The number of hydrogen-bond donors (Lipinski definition) is 2. The Morgan fingerprint density at radius 2 is 2.05 bits per heavy atom. The van der Waals surface area contributed by atoms with Gasteiger partial charge in [-0.2, -0.15) is 0 Å². The van der Waals surface area contributed by atoms with Gasteiger partial charge in [-0.15, -0.1) is 0 Å². The van der Waals surface area contributed by atoms with E-state index in [2.05, 4.69) is 0 Å². The average Bonchev–Trinajstić information content (AvgIpc) is 2.47. The van der Waals surface area contributed by atoms with Gasteiger partial charge < -0.3 is 19.8 Å². The summed E-state index contributed by atoms with van der Waals surface area (Å²) in [6.07, 6.45) is 0.852. The van der Waals surface area contributed by atoms with Crippen molar-refractivity contribution in [1.82, 2.24) is 4.90 Å². The molecule has 1 fully saturated rings. The van der Waals surface area contributed by atoms with Gasteiger partial charge in [-0.1, -0.05) is 30.3 Å². The minimum absolute atomic E-state index is 0.250. The molecule has 110 valence electrons. The highest BCUT2D eigenvalue weighted by Crippen LogP contribution is 2.11. The third kappa shape index (κ3) is 5.71. The first-order valence-electron chi connectivity index (χ1n) is 6.39. The number of piperidine rings is 1. The quantitative estimate of drug-likeness (QED) is 0.802. The number of rotatable bonds is 2. The maximum atomic E-state index is 11.7. The zero-order valence-electron chi connectivity index (χ0n) is 11.1. The van der Waals surface area contributed by atoms with Crippen LogP contribution in [-0.2, 0) is 16.1 Å². The first kappa shape index (κ1) is 16.0. The highest BCUT2D eigenvalue weighted by molar-refractivity contribution is 5.67. The van der Waals surface area contributed by atoms with Crippen molar-refractivity contribution in [3.63, 3.8) is 0 Å². The SMILES string of the molecule is O=C(OCc1ccccc1)N1CCCC(O)C1.O=CO. The van der Waals surface area contributed by atoms with Crippen molar-refractivity contribution >= 4 is 12.6 Å². The van der Waals surface area contributed by atoms with Gasteiger partial charge in [0.2, 0.25) is 0 Å². The van der Waals surface area contributed by atoms with E-state index in [-0.39, 0.29) is 19.2 Å². The van der Waals surface area contributed by atoms with E-state index >= 15 is 0 Å². The van der Waals surface area contributed by atoms with E-state index in [1.165, 1.54) is 0 Å². The number of nitrogens with zero attached hydrogens (tertiary/aromatic N) is 1. The molecule has 1 aromatic rings. The minimum Gasteiger partial charge on any atom is -0.483 e. The molecule has 0 aromatic heterocycles. The molecule has 2 rings (SSSR count). The van der Waals surface area contributed by atoms with Crippen molar-refractivity contribution in [3.8, 4) is 0 Å². The van der Waals surface area contributed by atoms with Gasteiger partial charge in [0, 0.05) is 13.1 Å². The molecule has 0 saturated carbocycles. The first-order chi connectivity index (χ1) is 9.67. The van der Waals surface area contributed by atoms with Gasteiger partial charge in [-0.25, -0.2) is 4.79 Å². The summed E-state index contributed by atoms with van der Waals surface area (Å²) in [5.41, 5.74) is 0.971. The summed E-state index contributed by atoms with van der Waals surface area (Å²) >= 11 is 0. The third-order valence-electron chi connectivity index (χ3n) is 2.86. The van der Waals surface area contributed by atoms with Crippen molar-refractivity contribution in [2.24, 2.45) is 0 Å². The molecule has 1 aliphatic rings. The van der Waals surface area contributed by atoms with E-state index in [1.54, 1.807) is 4.90 Å². The Morgan fingerprint density at radius 1 is 1.40 bits per heavy atom. The van der Waals surface area contributed by atoms with Gasteiger partial charge in [0.1, 0.15) is 6.61 Å². The van der Waals surface area contributed by atoms with E-state index in [4.69, 9.17) is 14.6 Å². The Morgan fingerprint density at radius 3 is 2.65 bits per heavy atom. The maximum Gasteiger partial charge on any atom is 0.410 e. The number of hydrogen-bond acceptors (Lipinski definition) is 4. The molecule has 0 spiro atoms. The molecule has 1 saturated heterocycles. The molecular weight excluding hydrogens is 262 g/mol. The second-order valence-electron chi connectivity index (χ2n) is 4.39. The third-order valence-corrected chi connectivity index (χ3v) is 2.86. The second kappa shape index (κ2) is 8.92. The number of aliphatic hydroxyl groups excluding tert-OH is 1. The molecule has 1 amide bonds. The lowest BCUT2D eigenvalue weighted by atomic mass is 10.1. The van der Waals surface area contributed by atoms with Crippen LogP contribution in [0.15, 0.2) is 30.3 Å². The van der Waals surface area contributed by atoms with Crippen molar-refractivity contribution in [2.75, 3.05) is 13.1 Å².